The van der Waals surface area contributed by atoms with Crippen LogP contribution in [0.5, 0.6) is 0 Å². The number of aryl methyl sites for hydroxylation is 1. The van der Waals surface area contributed by atoms with Gasteiger partial charge in [-0.3, -0.25) is 13.9 Å². The normalized spacial score (nSPS) is 14.1. The van der Waals surface area contributed by atoms with E-state index in [1.54, 1.807) is 6.92 Å². The number of aromatic nitrogens is 2. The van der Waals surface area contributed by atoms with E-state index in [2.05, 4.69) is 0 Å². The largest absolute Gasteiger partial charge is 0.394 e. The Hall–Kier alpha value is -1.54. The zero-order valence-electron chi connectivity index (χ0n) is 12.1. The third kappa shape index (κ3) is 4.21. The average Bonchev–Trinajstić information content (AvgIpc) is 2.48. The second-order valence-electron chi connectivity index (χ2n) is 4.65. The molecule has 1 rings (SSSR count). The van der Waals surface area contributed by atoms with E-state index >= 15 is 0 Å². The Morgan fingerprint density at radius 3 is 2.62 bits per heavy atom. The van der Waals surface area contributed by atoms with Gasteiger partial charge in [0.05, 0.1) is 13.2 Å². The van der Waals surface area contributed by atoms with Crippen LogP contribution < -0.4 is 11.2 Å². The van der Waals surface area contributed by atoms with Crippen LogP contribution in [0.1, 0.15) is 18.9 Å². The molecule has 0 radical (unpaired) electrons. The first-order valence-corrected chi connectivity index (χ1v) is 6.69. The Balaban J connectivity index is 2.99. The van der Waals surface area contributed by atoms with Crippen LogP contribution in [0.3, 0.4) is 0 Å². The van der Waals surface area contributed by atoms with E-state index < -0.39 is 36.8 Å². The molecule has 1 aromatic rings. The molecule has 0 aliphatic heterocycles. The first kappa shape index (κ1) is 17.5. The number of halogens is 2. The predicted octanol–water partition coefficient (Wildman–Crippen LogP) is 0.371. The molecule has 120 valence electrons. The molecule has 1 unspecified atom stereocenters. The number of aliphatic hydroxyl groups excluding tert-OH is 1. The number of ether oxygens (including phenoxy) is 1. The summed E-state index contributed by atoms with van der Waals surface area (Å²) in [6, 6.07) is 0. The Morgan fingerprint density at radius 2 is 2.10 bits per heavy atom. The molecule has 0 spiro atoms. The summed E-state index contributed by atoms with van der Waals surface area (Å²) >= 11 is 0. The highest BCUT2D eigenvalue weighted by molar-refractivity contribution is 5.02. The molecule has 0 saturated carbocycles. The molecule has 0 aromatic carbocycles. The zero-order valence-corrected chi connectivity index (χ0v) is 12.1. The van der Waals surface area contributed by atoms with Gasteiger partial charge in [0.15, 0.2) is 0 Å². The Bertz CT molecular complexity index is 570. The molecule has 1 heterocycles. The van der Waals surface area contributed by atoms with Crippen molar-refractivity contribution in [3.8, 4) is 0 Å². The van der Waals surface area contributed by atoms with Gasteiger partial charge in [0.1, 0.15) is 25.7 Å². The van der Waals surface area contributed by atoms with Crippen LogP contribution in [0.15, 0.2) is 15.8 Å². The molecular weight excluding hydrogens is 286 g/mol. The van der Waals surface area contributed by atoms with E-state index in [-0.39, 0.29) is 25.3 Å². The van der Waals surface area contributed by atoms with E-state index in [1.165, 1.54) is 13.1 Å². The van der Waals surface area contributed by atoms with Gasteiger partial charge < -0.3 is 9.84 Å². The minimum absolute atomic E-state index is 0.167. The van der Waals surface area contributed by atoms with Crippen molar-refractivity contribution < 1.29 is 18.6 Å². The lowest BCUT2D eigenvalue weighted by atomic mass is 10.2. The third-order valence-electron chi connectivity index (χ3n) is 3.12. The molecule has 21 heavy (non-hydrogen) atoms. The maximum atomic E-state index is 13.5. The van der Waals surface area contributed by atoms with Gasteiger partial charge in [0.2, 0.25) is 0 Å². The van der Waals surface area contributed by atoms with E-state index in [9.17, 15) is 18.4 Å². The monoisotopic (exact) mass is 306 g/mol. The van der Waals surface area contributed by atoms with Gasteiger partial charge in [-0.1, -0.05) is 6.92 Å². The molecule has 0 amide bonds. The molecule has 0 aliphatic carbocycles. The second-order valence-corrected chi connectivity index (χ2v) is 4.65. The van der Waals surface area contributed by atoms with Gasteiger partial charge in [0, 0.05) is 11.8 Å². The van der Waals surface area contributed by atoms with Crippen molar-refractivity contribution in [2.24, 2.45) is 0 Å². The van der Waals surface area contributed by atoms with Gasteiger partial charge in [-0.2, -0.15) is 0 Å². The highest BCUT2D eigenvalue weighted by Gasteiger charge is 2.19. The number of rotatable bonds is 8. The fraction of sp³-hybridized carbons (Fsp3) is 0.692. The lowest BCUT2D eigenvalue weighted by Gasteiger charge is -2.19. The highest BCUT2D eigenvalue weighted by atomic mass is 19.1. The minimum atomic E-state index is -1.36. The first-order valence-electron chi connectivity index (χ1n) is 6.69. The predicted molar refractivity (Wildman–Crippen MR) is 72.8 cm³/mol. The van der Waals surface area contributed by atoms with Crippen molar-refractivity contribution >= 4 is 0 Å². The molecule has 0 bridgehead atoms. The molecule has 1 N–H and O–H groups in total. The summed E-state index contributed by atoms with van der Waals surface area (Å²) in [6.07, 6.45) is -0.972. The maximum absolute atomic E-state index is 13.5. The average molecular weight is 306 g/mol. The van der Waals surface area contributed by atoms with E-state index in [1.807, 2.05) is 0 Å². The fourth-order valence-corrected chi connectivity index (χ4v) is 1.88. The Morgan fingerprint density at radius 1 is 1.43 bits per heavy atom. The van der Waals surface area contributed by atoms with Gasteiger partial charge >= 0.3 is 5.69 Å². The summed E-state index contributed by atoms with van der Waals surface area (Å²) in [6.45, 7) is 1.06. The van der Waals surface area contributed by atoms with E-state index in [0.717, 1.165) is 9.13 Å². The van der Waals surface area contributed by atoms with Crippen LogP contribution in [0.4, 0.5) is 8.78 Å². The molecule has 0 aliphatic rings. The van der Waals surface area contributed by atoms with Gasteiger partial charge in [-0.25, -0.2) is 13.6 Å². The molecule has 6 nitrogen and oxygen atoms in total. The van der Waals surface area contributed by atoms with Crippen LogP contribution in [0, 0.1) is 6.92 Å². The first-order chi connectivity index (χ1) is 9.96. The van der Waals surface area contributed by atoms with Gasteiger partial charge in [-0.05, 0) is 13.3 Å². The molecule has 0 saturated heterocycles. The summed E-state index contributed by atoms with van der Waals surface area (Å²) in [4.78, 5) is 23.7. The Kier molecular flexibility index (Phi) is 6.70. The molecular formula is C13H20F2N2O4. The van der Waals surface area contributed by atoms with E-state index in [0.29, 0.717) is 0 Å². The lowest BCUT2D eigenvalue weighted by molar-refractivity contribution is -0.0656. The van der Waals surface area contributed by atoms with Crippen LogP contribution in [-0.4, -0.2) is 39.8 Å². The lowest BCUT2D eigenvalue weighted by Crippen LogP contribution is -2.42. The van der Waals surface area contributed by atoms with Crippen LogP contribution in [-0.2, 0) is 18.0 Å². The minimum Gasteiger partial charge on any atom is -0.394 e. The van der Waals surface area contributed by atoms with Crippen LogP contribution >= 0.6 is 0 Å². The standard InChI is InChI=1S/C13H20F2N2O4/c1-3-10(15)11(7-18)21-8-16-6-9(2)12(19)17(5-4-14)13(16)20/h6,10-11,18H,3-5,7-8H2,1-2H3/t10-,11?/m0/s1. The van der Waals surface area contributed by atoms with Crippen molar-refractivity contribution in [3.05, 3.63) is 32.6 Å². The summed E-state index contributed by atoms with van der Waals surface area (Å²) in [5.74, 6) is 0. The third-order valence-corrected chi connectivity index (χ3v) is 3.12. The van der Waals surface area contributed by atoms with E-state index in [4.69, 9.17) is 9.84 Å². The molecule has 8 heteroatoms. The quantitative estimate of drug-likeness (QED) is 0.753. The summed E-state index contributed by atoms with van der Waals surface area (Å²) < 4.78 is 32.9. The van der Waals surface area contributed by atoms with Gasteiger partial charge in [-0.15, -0.1) is 0 Å². The van der Waals surface area contributed by atoms with Crippen molar-refractivity contribution in [3.63, 3.8) is 0 Å². The zero-order chi connectivity index (χ0) is 16.0. The van der Waals surface area contributed by atoms with Crippen molar-refractivity contribution in [1.82, 2.24) is 9.13 Å². The van der Waals surface area contributed by atoms with Crippen LogP contribution in [0.2, 0.25) is 0 Å². The number of alkyl halides is 2. The summed E-state index contributed by atoms with van der Waals surface area (Å²) in [5.41, 5.74) is -1.05. The number of nitrogens with zero attached hydrogens (tertiary/aromatic N) is 2. The Labute approximate surface area is 120 Å². The molecule has 1 aromatic heterocycles. The molecule has 2 atom stereocenters. The number of hydrogen-bond donors (Lipinski definition) is 1. The number of hydrogen-bond acceptors (Lipinski definition) is 4. The van der Waals surface area contributed by atoms with Crippen molar-refractivity contribution in [1.29, 1.82) is 0 Å². The summed E-state index contributed by atoms with van der Waals surface area (Å²) in [5, 5.41) is 9.06. The molecule has 0 fully saturated rings. The topological polar surface area (TPSA) is 73.5 Å². The fourth-order valence-electron chi connectivity index (χ4n) is 1.88. The van der Waals surface area contributed by atoms with Gasteiger partial charge in [0.25, 0.3) is 5.56 Å². The maximum Gasteiger partial charge on any atom is 0.332 e. The number of aliphatic hydroxyl groups is 1. The van der Waals surface area contributed by atoms with Crippen molar-refractivity contribution in [2.75, 3.05) is 13.3 Å². The summed E-state index contributed by atoms with van der Waals surface area (Å²) in [7, 11) is 0. The SMILES string of the molecule is CC[C@H](F)C(CO)OCn1cc(C)c(=O)n(CCF)c1=O. The smallest absolute Gasteiger partial charge is 0.332 e. The second kappa shape index (κ2) is 8.04. The van der Waals surface area contributed by atoms with Crippen LogP contribution in [0.25, 0.3) is 0 Å². The van der Waals surface area contributed by atoms with Crippen molar-refractivity contribution in [2.45, 2.75) is 45.8 Å². The highest BCUT2D eigenvalue weighted by Crippen LogP contribution is 2.08.